The summed E-state index contributed by atoms with van der Waals surface area (Å²) in [4.78, 5) is 2.65. The molecule has 0 saturated carbocycles. The quantitative estimate of drug-likeness (QED) is 0.774. The van der Waals surface area contributed by atoms with E-state index in [2.05, 4.69) is 37.9 Å². The van der Waals surface area contributed by atoms with Gasteiger partial charge in [-0.3, -0.25) is 4.90 Å². The third-order valence-corrected chi connectivity index (χ3v) is 5.61. The molecule has 2 atom stereocenters. The molecule has 2 saturated heterocycles. The average molecular weight is 267 g/mol. The smallest absolute Gasteiger partial charge is 0.0473 e. The zero-order chi connectivity index (χ0) is 14.0. The van der Waals surface area contributed by atoms with Gasteiger partial charge in [0.25, 0.3) is 0 Å². The van der Waals surface area contributed by atoms with E-state index in [-0.39, 0.29) is 5.54 Å². The maximum absolute atomic E-state index is 6.17. The summed E-state index contributed by atoms with van der Waals surface area (Å²) in [5, 5.41) is 3.91. The third-order valence-electron chi connectivity index (χ3n) is 5.61. The van der Waals surface area contributed by atoms with Crippen LogP contribution in [-0.4, -0.2) is 42.7 Å². The Morgan fingerprint density at radius 1 is 1.21 bits per heavy atom. The summed E-state index contributed by atoms with van der Waals surface area (Å²) in [6.07, 6.45) is 3.92. The Hall–Kier alpha value is -0.120. The highest BCUT2D eigenvalue weighted by molar-refractivity contribution is 5.08. The van der Waals surface area contributed by atoms with Gasteiger partial charge >= 0.3 is 0 Å². The Labute approximate surface area is 119 Å². The van der Waals surface area contributed by atoms with Crippen LogP contribution < -0.4 is 11.1 Å². The van der Waals surface area contributed by atoms with Crippen molar-refractivity contribution in [3.05, 3.63) is 0 Å². The number of hydrogen-bond acceptors (Lipinski definition) is 3. The van der Waals surface area contributed by atoms with E-state index >= 15 is 0 Å². The van der Waals surface area contributed by atoms with Crippen LogP contribution in [0.15, 0.2) is 0 Å². The molecule has 0 aromatic carbocycles. The Morgan fingerprint density at radius 2 is 1.89 bits per heavy atom. The Bertz CT molecular complexity index is 282. The Kier molecular flexibility index (Phi) is 4.91. The summed E-state index contributed by atoms with van der Waals surface area (Å²) in [6.45, 7) is 13.8. The molecule has 0 amide bonds. The predicted molar refractivity (Wildman–Crippen MR) is 82.2 cm³/mol. The van der Waals surface area contributed by atoms with Gasteiger partial charge in [0.15, 0.2) is 0 Å². The molecule has 19 heavy (non-hydrogen) atoms. The van der Waals surface area contributed by atoms with Crippen molar-refractivity contribution in [1.82, 2.24) is 10.2 Å². The van der Waals surface area contributed by atoms with Crippen LogP contribution >= 0.6 is 0 Å². The van der Waals surface area contributed by atoms with Crippen LogP contribution in [0.2, 0.25) is 0 Å². The summed E-state index contributed by atoms with van der Waals surface area (Å²) in [5.41, 5.74) is 6.37. The van der Waals surface area contributed by atoms with Crippen LogP contribution in [0, 0.1) is 17.8 Å². The Morgan fingerprint density at radius 3 is 2.47 bits per heavy atom. The Balaban J connectivity index is 1.99. The summed E-state index contributed by atoms with van der Waals surface area (Å²) in [6, 6.07) is 0.692. The number of nitrogens with two attached hydrogens (primary N) is 1. The van der Waals surface area contributed by atoms with Gasteiger partial charge in [0.1, 0.15) is 0 Å². The van der Waals surface area contributed by atoms with Gasteiger partial charge in [-0.15, -0.1) is 0 Å². The highest BCUT2D eigenvalue weighted by Crippen LogP contribution is 2.36. The van der Waals surface area contributed by atoms with E-state index < -0.39 is 0 Å². The van der Waals surface area contributed by atoms with Crippen LogP contribution in [0.3, 0.4) is 0 Å². The van der Waals surface area contributed by atoms with Crippen molar-refractivity contribution in [3.63, 3.8) is 0 Å². The minimum atomic E-state index is 0.193. The third kappa shape index (κ3) is 2.98. The van der Waals surface area contributed by atoms with Gasteiger partial charge in [-0.2, -0.15) is 0 Å². The first-order chi connectivity index (χ1) is 9.00. The zero-order valence-corrected chi connectivity index (χ0v) is 13.3. The summed E-state index contributed by atoms with van der Waals surface area (Å²) in [7, 11) is 0. The van der Waals surface area contributed by atoms with Crippen LogP contribution in [0.4, 0.5) is 0 Å². The second kappa shape index (κ2) is 6.11. The molecule has 2 aliphatic heterocycles. The maximum Gasteiger partial charge on any atom is 0.0473 e. The highest BCUT2D eigenvalue weighted by atomic mass is 15.3. The standard InChI is InChI=1S/C16H33N3/c1-12(2)14(13(3)4)10-18-16(11-17)7-9-19-8-5-6-15(16)19/h12-15,18H,5-11,17H2,1-4H3. The molecule has 0 bridgehead atoms. The van der Waals surface area contributed by atoms with Gasteiger partial charge in [-0.1, -0.05) is 27.7 Å². The lowest BCUT2D eigenvalue weighted by Gasteiger charge is -2.38. The van der Waals surface area contributed by atoms with E-state index in [1.165, 1.54) is 32.4 Å². The number of nitrogens with zero attached hydrogens (tertiary/aromatic N) is 1. The van der Waals surface area contributed by atoms with Gasteiger partial charge in [0.2, 0.25) is 0 Å². The first-order valence-electron chi connectivity index (χ1n) is 8.19. The molecule has 0 radical (unpaired) electrons. The first kappa shape index (κ1) is 15.3. The van der Waals surface area contributed by atoms with Gasteiger partial charge < -0.3 is 11.1 Å². The fourth-order valence-electron chi connectivity index (χ4n) is 4.31. The summed E-state index contributed by atoms with van der Waals surface area (Å²) >= 11 is 0. The second-order valence-corrected chi connectivity index (χ2v) is 7.34. The van der Waals surface area contributed by atoms with Crippen molar-refractivity contribution in [2.24, 2.45) is 23.5 Å². The minimum absolute atomic E-state index is 0.193. The molecule has 0 aromatic rings. The van der Waals surface area contributed by atoms with E-state index in [1.807, 2.05) is 0 Å². The molecule has 2 rings (SSSR count). The second-order valence-electron chi connectivity index (χ2n) is 7.34. The monoisotopic (exact) mass is 267 g/mol. The molecule has 2 fully saturated rings. The lowest BCUT2D eigenvalue weighted by atomic mass is 9.83. The molecule has 3 nitrogen and oxygen atoms in total. The van der Waals surface area contributed by atoms with Crippen molar-refractivity contribution in [2.75, 3.05) is 26.2 Å². The molecule has 0 aromatic heterocycles. The number of hydrogen-bond donors (Lipinski definition) is 2. The molecule has 0 aliphatic carbocycles. The van der Waals surface area contributed by atoms with E-state index in [0.29, 0.717) is 6.04 Å². The lowest BCUT2D eigenvalue weighted by Crippen LogP contribution is -2.59. The van der Waals surface area contributed by atoms with Crippen molar-refractivity contribution in [1.29, 1.82) is 0 Å². The number of fused-ring (bicyclic) bond motifs is 1. The van der Waals surface area contributed by atoms with Gasteiger partial charge in [-0.25, -0.2) is 0 Å². The van der Waals surface area contributed by atoms with E-state index in [0.717, 1.165) is 30.8 Å². The SMILES string of the molecule is CC(C)C(CNC1(CN)CCN2CCCC21)C(C)C. The molecule has 2 aliphatic rings. The number of rotatable bonds is 6. The molecule has 112 valence electrons. The van der Waals surface area contributed by atoms with E-state index in [1.54, 1.807) is 0 Å². The van der Waals surface area contributed by atoms with Crippen LogP contribution in [-0.2, 0) is 0 Å². The minimum Gasteiger partial charge on any atom is -0.329 e. The lowest BCUT2D eigenvalue weighted by molar-refractivity contribution is 0.193. The molecule has 3 heteroatoms. The van der Waals surface area contributed by atoms with Gasteiger partial charge in [-0.05, 0) is 50.1 Å². The molecule has 2 unspecified atom stereocenters. The molecule has 0 spiro atoms. The van der Waals surface area contributed by atoms with Crippen LogP contribution in [0.25, 0.3) is 0 Å². The molecule has 3 N–H and O–H groups in total. The maximum atomic E-state index is 6.17. The summed E-state index contributed by atoms with van der Waals surface area (Å²) < 4.78 is 0. The van der Waals surface area contributed by atoms with Crippen molar-refractivity contribution < 1.29 is 0 Å². The number of nitrogens with one attached hydrogen (secondary N) is 1. The normalized spacial score (nSPS) is 31.9. The fraction of sp³-hybridized carbons (Fsp3) is 1.00. The predicted octanol–water partition coefficient (Wildman–Crippen LogP) is 2.07. The summed E-state index contributed by atoms with van der Waals surface area (Å²) in [5.74, 6) is 2.23. The largest absolute Gasteiger partial charge is 0.329 e. The van der Waals surface area contributed by atoms with Crippen molar-refractivity contribution in [2.45, 2.75) is 58.5 Å². The van der Waals surface area contributed by atoms with Crippen molar-refractivity contribution in [3.8, 4) is 0 Å². The average Bonchev–Trinajstić information content (AvgIpc) is 2.92. The van der Waals surface area contributed by atoms with Crippen molar-refractivity contribution >= 4 is 0 Å². The molecular formula is C16H33N3. The van der Waals surface area contributed by atoms with E-state index in [4.69, 9.17) is 5.73 Å². The topological polar surface area (TPSA) is 41.3 Å². The van der Waals surface area contributed by atoms with Gasteiger partial charge in [0, 0.05) is 24.7 Å². The van der Waals surface area contributed by atoms with Gasteiger partial charge in [0.05, 0.1) is 0 Å². The van der Waals surface area contributed by atoms with E-state index in [9.17, 15) is 0 Å². The fourth-order valence-corrected chi connectivity index (χ4v) is 4.31. The van der Waals surface area contributed by atoms with Crippen LogP contribution in [0.5, 0.6) is 0 Å². The zero-order valence-electron chi connectivity index (χ0n) is 13.3. The first-order valence-corrected chi connectivity index (χ1v) is 8.19. The molecule has 2 heterocycles. The van der Waals surface area contributed by atoms with Crippen LogP contribution in [0.1, 0.15) is 47.0 Å². The molecular weight excluding hydrogens is 234 g/mol. The highest BCUT2D eigenvalue weighted by Gasteiger charge is 2.48.